The first-order valence-electron chi connectivity index (χ1n) is 7.41. The molecule has 1 N–H and O–H groups in total. The van der Waals surface area contributed by atoms with Crippen molar-refractivity contribution in [1.29, 1.82) is 0 Å². The Bertz CT molecular complexity index is 586. The summed E-state index contributed by atoms with van der Waals surface area (Å²) in [4.78, 5) is 13.2. The highest BCUT2D eigenvalue weighted by Crippen LogP contribution is 2.21. The van der Waals surface area contributed by atoms with Gasteiger partial charge >= 0.3 is 0 Å². The lowest BCUT2D eigenvalue weighted by molar-refractivity contribution is -0.121. The molecule has 22 heavy (non-hydrogen) atoms. The molecule has 0 radical (unpaired) electrons. The molecule has 0 aliphatic heterocycles. The fraction of sp³-hybridized carbons (Fsp3) is 0.278. The summed E-state index contributed by atoms with van der Waals surface area (Å²) in [5.74, 6) is 0.857. The van der Waals surface area contributed by atoms with Crippen LogP contribution in [-0.2, 0) is 4.79 Å². The number of amides is 1. The lowest BCUT2D eigenvalue weighted by atomic mass is 10.0. The van der Waals surface area contributed by atoms with Crippen LogP contribution >= 0.6 is 23.4 Å². The van der Waals surface area contributed by atoms with Crippen molar-refractivity contribution in [1.82, 2.24) is 5.32 Å². The molecule has 2 rings (SSSR count). The second-order valence-corrected chi connectivity index (χ2v) is 6.60. The molecular weight excluding hydrogens is 314 g/mol. The van der Waals surface area contributed by atoms with Gasteiger partial charge in [0.25, 0.3) is 0 Å². The van der Waals surface area contributed by atoms with Crippen LogP contribution in [0.2, 0.25) is 5.02 Å². The van der Waals surface area contributed by atoms with Gasteiger partial charge in [-0.15, -0.1) is 11.8 Å². The van der Waals surface area contributed by atoms with Crippen molar-refractivity contribution in [3.8, 4) is 0 Å². The monoisotopic (exact) mass is 333 g/mol. The molecule has 0 saturated heterocycles. The number of hydrogen-bond acceptors (Lipinski definition) is 2. The van der Waals surface area contributed by atoms with Crippen molar-refractivity contribution in [2.45, 2.75) is 30.7 Å². The van der Waals surface area contributed by atoms with E-state index in [9.17, 15) is 4.79 Å². The van der Waals surface area contributed by atoms with Gasteiger partial charge in [-0.2, -0.15) is 0 Å². The maximum Gasteiger partial charge on any atom is 0.221 e. The van der Waals surface area contributed by atoms with Crippen LogP contribution in [0.1, 0.15) is 31.4 Å². The maximum absolute atomic E-state index is 12.1. The minimum absolute atomic E-state index is 0.0919. The third-order valence-electron chi connectivity index (χ3n) is 3.36. The molecule has 2 nitrogen and oxygen atoms in total. The van der Waals surface area contributed by atoms with Gasteiger partial charge in [0.05, 0.1) is 6.04 Å². The maximum atomic E-state index is 12.1. The zero-order chi connectivity index (χ0) is 15.8. The molecule has 2 aromatic carbocycles. The largest absolute Gasteiger partial charge is 0.349 e. The van der Waals surface area contributed by atoms with Gasteiger partial charge < -0.3 is 5.32 Å². The Morgan fingerprint density at radius 2 is 1.82 bits per heavy atom. The molecule has 0 aliphatic rings. The van der Waals surface area contributed by atoms with Crippen LogP contribution in [0.25, 0.3) is 0 Å². The Morgan fingerprint density at radius 1 is 1.14 bits per heavy atom. The highest BCUT2D eigenvalue weighted by Gasteiger charge is 2.12. The van der Waals surface area contributed by atoms with E-state index in [2.05, 4.69) is 24.4 Å². The van der Waals surface area contributed by atoms with Gasteiger partial charge in [0.1, 0.15) is 0 Å². The first-order chi connectivity index (χ1) is 10.7. The van der Waals surface area contributed by atoms with Crippen LogP contribution in [0.4, 0.5) is 0 Å². The number of hydrogen-bond donors (Lipinski definition) is 1. The normalized spacial score (nSPS) is 11.9. The van der Waals surface area contributed by atoms with E-state index in [1.807, 2.05) is 42.5 Å². The lowest BCUT2D eigenvalue weighted by Gasteiger charge is -2.17. The second kappa shape index (κ2) is 8.86. The Morgan fingerprint density at radius 3 is 2.45 bits per heavy atom. The van der Waals surface area contributed by atoms with Gasteiger partial charge in [-0.05, 0) is 36.2 Å². The molecule has 116 valence electrons. The number of nitrogens with one attached hydrogen (secondary N) is 1. The van der Waals surface area contributed by atoms with Crippen molar-refractivity contribution in [3.05, 3.63) is 65.2 Å². The minimum atomic E-state index is 0.0919. The van der Waals surface area contributed by atoms with E-state index in [4.69, 9.17) is 11.6 Å². The number of benzene rings is 2. The molecule has 0 saturated carbocycles. The Labute approximate surface area is 141 Å². The van der Waals surface area contributed by atoms with Crippen LogP contribution in [0, 0.1) is 0 Å². The summed E-state index contributed by atoms with van der Waals surface area (Å²) in [5.41, 5.74) is 1.16. The van der Waals surface area contributed by atoms with Gasteiger partial charge in [-0.25, -0.2) is 0 Å². The predicted molar refractivity (Wildman–Crippen MR) is 94.4 cm³/mol. The fourth-order valence-corrected chi connectivity index (χ4v) is 3.14. The predicted octanol–water partition coefficient (Wildman–Crippen LogP) is 5.09. The van der Waals surface area contributed by atoms with Crippen molar-refractivity contribution in [2.24, 2.45) is 0 Å². The molecule has 4 heteroatoms. The molecular formula is C18H20ClNOS. The second-order valence-electron chi connectivity index (χ2n) is 4.99. The van der Waals surface area contributed by atoms with Crippen molar-refractivity contribution < 1.29 is 4.79 Å². The lowest BCUT2D eigenvalue weighted by Crippen LogP contribution is -2.28. The zero-order valence-electron chi connectivity index (χ0n) is 12.6. The molecule has 1 amide bonds. The van der Waals surface area contributed by atoms with Gasteiger partial charge in [0.2, 0.25) is 5.91 Å². The number of carbonyl (C=O) groups excluding carboxylic acids is 1. The number of carbonyl (C=O) groups is 1. The topological polar surface area (TPSA) is 29.1 Å². The summed E-state index contributed by atoms with van der Waals surface area (Å²) < 4.78 is 0. The van der Waals surface area contributed by atoms with Gasteiger partial charge in [0.15, 0.2) is 0 Å². The average molecular weight is 334 g/mol. The zero-order valence-corrected chi connectivity index (χ0v) is 14.2. The van der Waals surface area contributed by atoms with Crippen LogP contribution in [0.15, 0.2) is 59.5 Å². The summed E-state index contributed by atoms with van der Waals surface area (Å²) in [5, 5.41) is 3.84. The van der Waals surface area contributed by atoms with E-state index in [1.54, 1.807) is 11.8 Å². The van der Waals surface area contributed by atoms with Crippen LogP contribution in [0.5, 0.6) is 0 Å². The minimum Gasteiger partial charge on any atom is -0.349 e. The van der Waals surface area contributed by atoms with Crippen molar-refractivity contribution >= 4 is 29.3 Å². The molecule has 0 spiro atoms. The van der Waals surface area contributed by atoms with E-state index < -0.39 is 0 Å². The quantitative estimate of drug-likeness (QED) is 0.715. The van der Waals surface area contributed by atoms with Crippen LogP contribution in [0.3, 0.4) is 0 Å². The third kappa shape index (κ3) is 5.39. The summed E-state index contributed by atoms with van der Waals surface area (Å²) in [6.45, 7) is 2.08. The van der Waals surface area contributed by atoms with Gasteiger partial charge in [-0.1, -0.05) is 48.9 Å². The fourth-order valence-electron chi connectivity index (χ4n) is 2.17. The summed E-state index contributed by atoms with van der Waals surface area (Å²) >= 11 is 7.52. The average Bonchev–Trinajstić information content (AvgIpc) is 2.55. The Balaban J connectivity index is 1.78. The van der Waals surface area contributed by atoms with E-state index in [0.717, 1.165) is 27.7 Å². The Hall–Kier alpha value is -1.45. The highest BCUT2D eigenvalue weighted by atomic mass is 35.5. The molecule has 0 aromatic heterocycles. The molecule has 0 aliphatic carbocycles. The molecule has 0 heterocycles. The molecule has 0 fully saturated rings. The number of halogens is 1. The van der Waals surface area contributed by atoms with Crippen molar-refractivity contribution in [3.63, 3.8) is 0 Å². The van der Waals surface area contributed by atoms with E-state index in [1.165, 1.54) is 0 Å². The van der Waals surface area contributed by atoms with Gasteiger partial charge in [-0.3, -0.25) is 4.79 Å². The number of rotatable bonds is 7. The van der Waals surface area contributed by atoms with Gasteiger partial charge in [0, 0.05) is 22.1 Å². The smallest absolute Gasteiger partial charge is 0.221 e. The van der Waals surface area contributed by atoms with Crippen molar-refractivity contribution in [2.75, 3.05) is 5.75 Å². The first-order valence-corrected chi connectivity index (χ1v) is 8.78. The van der Waals surface area contributed by atoms with E-state index in [0.29, 0.717) is 6.42 Å². The summed E-state index contributed by atoms with van der Waals surface area (Å²) in [6.07, 6.45) is 1.40. The standard InChI is InChI=1S/C18H20ClNOS/c1-2-17(14-6-4-3-5-7-14)20-18(21)12-13-22-16-10-8-15(19)9-11-16/h3-11,17H,2,12-13H2,1H3,(H,20,21)/t17-/m1/s1. The van der Waals surface area contributed by atoms with Crippen LogP contribution < -0.4 is 5.32 Å². The first kappa shape index (κ1) is 16.9. The molecule has 1 atom stereocenters. The molecule has 0 unspecified atom stereocenters. The molecule has 2 aromatic rings. The van der Waals surface area contributed by atoms with Crippen LogP contribution in [-0.4, -0.2) is 11.7 Å². The summed E-state index contributed by atoms with van der Waals surface area (Å²) in [7, 11) is 0. The highest BCUT2D eigenvalue weighted by molar-refractivity contribution is 7.99. The van der Waals surface area contributed by atoms with E-state index in [-0.39, 0.29) is 11.9 Å². The number of thioether (sulfide) groups is 1. The summed E-state index contributed by atoms with van der Waals surface area (Å²) in [6, 6.07) is 17.9. The molecule has 0 bridgehead atoms. The Kier molecular flexibility index (Phi) is 6.81. The third-order valence-corrected chi connectivity index (χ3v) is 4.62. The SMILES string of the molecule is CC[C@@H](NC(=O)CCSc1ccc(Cl)cc1)c1ccccc1. The van der Waals surface area contributed by atoms with E-state index >= 15 is 0 Å².